The van der Waals surface area contributed by atoms with Gasteiger partial charge in [-0.15, -0.1) is 0 Å². The number of rotatable bonds is 1. The van der Waals surface area contributed by atoms with E-state index >= 15 is 0 Å². The first-order valence-corrected chi connectivity index (χ1v) is 5.86. The summed E-state index contributed by atoms with van der Waals surface area (Å²) in [7, 11) is 0. The van der Waals surface area contributed by atoms with Crippen molar-refractivity contribution in [3.63, 3.8) is 0 Å². The highest BCUT2D eigenvalue weighted by Crippen LogP contribution is 2.49. The van der Waals surface area contributed by atoms with Crippen molar-refractivity contribution in [2.24, 2.45) is 5.41 Å². The van der Waals surface area contributed by atoms with Gasteiger partial charge in [-0.1, -0.05) is 13.8 Å². The van der Waals surface area contributed by atoms with Crippen molar-refractivity contribution in [1.29, 1.82) is 5.26 Å². The van der Waals surface area contributed by atoms with Crippen LogP contribution in [0, 0.1) is 16.7 Å². The van der Waals surface area contributed by atoms with Gasteiger partial charge in [0.25, 0.3) is 0 Å². The standard InChI is InChI=1S/C12H20N2O/c1-11(2)4-3-5-12(11,10-13)14-6-8-15-9-7-14/h3-9H2,1-2H3. The van der Waals surface area contributed by atoms with E-state index in [1.54, 1.807) is 0 Å². The average Bonchev–Trinajstić information content (AvgIpc) is 2.55. The Bertz CT molecular complexity index is 276. The van der Waals surface area contributed by atoms with E-state index in [1.807, 2.05) is 0 Å². The maximum absolute atomic E-state index is 9.57. The molecule has 0 N–H and O–H groups in total. The van der Waals surface area contributed by atoms with Gasteiger partial charge in [-0.2, -0.15) is 5.26 Å². The van der Waals surface area contributed by atoms with Gasteiger partial charge in [-0.05, 0) is 24.7 Å². The van der Waals surface area contributed by atoms with Crippen LogP contribution in [0.25, 0.3) is 0 Å². The smallest absolute Gasteiger partial charge is 0.114 e. The second-order valence-electron chi connectivity index (χ2n) is 5.31. The molecule has 0 amide bonds. The molecule has 1 unspecified atom stereocenters. The van der Waals surface area contributed by atoms with Crippen LogP contribution in [0.5, 0.6) is 0 Å². The third-order valence-electron chi connectivity index (χ3n) is 4.20. The summed E-state index contributed by atoms with van der Waals surface area (Å²) < 4.78 is 5.37. The molecule has 1 aliphatic heterocycles. The highest BCUT2D eigenvalue weighted by Gasteiger charge is 2.53. The molecule has 84 valence electrons. The van der Waals surface area contributed by atoms with Gasteiger partial charge in [0.05, 0.1) is 19.3 Å². The zero-order valence-corrected chi connectivity index (χ0v) is 9.75. The molecule has 3 nitrogen and oxygen atoms in total. The molecule has 0 aromatic rings. The molecule has 1 heterocycles. The second-order valence-corrected chi connectivity index (χ2v) is 5.31. The lowest BCUT2D eigenvalue weighted by Crippen LogP contribution is -2.57. The summed E-state index contributed by atoms with van der Waals surface area (Å²) in [6, 6.07) is 2.61. The topological polar surface area (TPSA) is 36.3 Å². The van der Waals surface area contributed by atoms with Crippen LogP contribution in [-0.4, -0.2) is 36.7 Å². The van der Waals surface area contributed by atoms with Crippen LogP contribution in [0.2, 0.25) is 0 Å². The summed E-state index contributed by atoms with van der Waals surface area (Å²) in [5.41, 5.74) is -0.115. The van der Waals surface area contributed by atoms with Crippen molar-refractivity contribution in [2.45, 2.75) is 38.6 Å². The third kappa shape index (κ3) is 1.56. The Hall–Kier alpha value is -0.590. The molecule has 0 aromatic heterocycles. The maximum Gasteiger partial charge on any atom is 0.114 e. The molecule has 3 heteroatoms. The van der Waals surface area contributed by atoms with Gasteiger partial charge in [0, 0.05) is 13.1 Å². The largest absolute Gasteiger partial charge is 0.379 e. The summed E-state index contributed by atoms with van der Waals surface area (Å²) in [4.78, 5) is 2.35. The molecule has 0 spiro atoms. The molecule has 0 aromatic carbocycles. The molecule has 2 rings (SSSR count). The van der Waals surface area contributed by atoms with Crippen LogP contribution in [0.3, 0.4) is 0 Å². The van der Waals surface area contributed by atoms with Crippen molar-refractivity contribution >= 4 is 0 Å². The lowest BCUT2D eigenvalue weighted by molar-refractivity contribution is -0.0337. The molecule has 1 saturated heterocycles. The SMILES string of the molecule is CC1(C)CCCC1(C#N)N1CCOCC1. The number of hydrogen-bond acceptors (Lipinski definition) is 3. The van der Waals surface area contributed by atoms with E-state index in [0.717, 1.165) is 39.1 Å². The van der Waals surface area contributed by atoms with Crippen LogP contribution in [0.15, 0.2) is 0 Å². The number of nitrogens with zero attached hydrogens (tertiary/aromatic N) is 2. The quantitative estimate of drug-likeness (QED) is 0.659. The minimum absolute atomic E-state index is 0.124. The zero-order valence-electron chi connectivity index (χ0n) is 9.75. The maximum atomic E-state index is 9.57. The van der Waals surface area contributed by atoms with E-state index in [1.165, 1.54) is 6.42 Å². The van der Waals surface area contributed by atoms with Crippen molar-refractivity contribution in [1.82, 2.24) is 4.90 Å². The number of morpholine rings is 1. The van der Waals surface area contributed by atoms with Gasteiger partial charge in [0.15, 0.2) is 0 Å². The van der Waals surface area contributed by atoms with Crippen LogP contribution in [0.4, 0.5) is 0 Å². The fraction of sp³-hybridized carbons (Fsp3) is 0.917. The Morgan fingerprint density at radius 3 is 2.33 bits per heavy atom. The van der Waals surface area contributed by atoms with Crippen LogP contribution >= 0.6 is 0 Å². The van der Waals surface area contributed by atoms with Crippen LogP contribution in [-0.2, 0) is 4.74 Å². The van der Waals surface area contributed by atoms with Crippen molar-refractivity contribution in [3.8, 4) is 6.07 Å². The number of hydrogen-bond donors (Lipinski definition) is 0. The van der Waals surface area contributed by atoms with Gasteiger partial charge in [0.1, 0.15) is 5.54 Å². The van der Waals surface area contributed by atoms with E-state index in [4.69, 9.17) is 4.74 Å². The van der Waals surface area contributed by atoms with Gasteiger partial charge in [-0.3, -0.25) is 4.90 Å². The normalized spacial score (nSPS) is 36.3. The minimum atomic E-state index is -0.239. The zero-order chi connectivity index (χ0) is 10.9. The second kappa shape index (κ2) is 3.77. The Morgan fingerprint density at radius 1 is 1.20 bits per heavy atom. The van der Waals surface area contributed by atoms with E-state index in [9.17, 15) is 5.26 Å². The third-order valence-corrected chi connectivity index (χ3v) is 4.20. The first kappa shape index (κ1) is 10.9. The Kier molecular flexibility index (Phi) is 2.74. The molecule has 2 fully saturated rings. The van der Waals surface area contributed by atoms with Gasteiger partial charge >= 0.3 is 0 Å². The Labute approximate surface area is 92.0 Å². The summed E-state index contributed by atoms with van der Waals surface area (Å²) >= 11 is 0. The number of ether oxygens (including phenoxy) is 1. The molecule has 15 heavy (non-hydrogen) atoms. The van der Waals surface area contributed by atoms with Crippen molar-refractivity contribution in [2.75, 3.05) is 26.3 Å². The summed E-state index contributed by atoms with van der Waals surface area (Å²) in [5, 5.41) is 9.57. The first-order valence-electron chi connectivity index (χ1n) is 5.86. The highest BCUT2D eigenvalue weighted by molar-refractivity contribution is 5.19. The molecule has 0 bridgehead atoms. The fourth-order valence-corrected chi connectivity index (χ4v) is 3.14. The summed E-state index contributed by atoms with van der Waals surface area (Å²) in [5.74, 6) is 0. The van der Waals surface area contributed by atoms with Crippen LogP contribution < -0.4 is 0 Å². The molecule has 1 aliphatic carbocycles. The Morgan fingerprint density at radius 2 is 1.87 bits per heavy atom. The van der Waals surface area contributed by atoms with E-state index in [0.29, 0.717) is 0 Å². The van der Waals surface area contributed by atoms with Crippen molar-refractivity contribution < 1.29 is 4.74 Å². The van der Waals surface area contributed by atoms with Crippen molar-refractivity contribution in [3.05, 3.63) is 0 Å². The molecule has 2 aliphatic rings. The molecule has 0 radical (unpaired) electrons. The van der Waals surface area contributed by atoms with E-state index < -0.39 is 0 Å². The van der Waals surface area contributed by atoms with Gasteiger partial charge in [0.2, 0.25) is 0 Å². The lowest BCUT2D eigenvalue weighted by atomic mass is 9.74. The van der Waals surface area contributed by atoms with Crippen LogP contribution in [0.1, 0.15) is 33.1 Å². The highest BCUT2D eigenvalue weighted by atomic mass is 16.5. The number of nitriles is 1. The predicted molar refractivity (Wildman–Crippen MR) is 58.4 cm³/mol. The first-order chi connectivity index (χ1) is 7.12. The molecular weight excluding hydrogens is 188 g/mol. The molecular formula is C12H20N2O. The van der Waals surface area contributed by atoms with E-state index in [-0.39, 0.29) is 11.0 Å². The fourth-order valence-electron chi connectivity index (χ4n) is 3.14. The predicted octanol–water partition coefficient (Wildman–Crippen LogP) is 1.79. The lowest BCUT2D eigenvalue weighted by Gasteiger charge is -2.46. The molecule has 1 atom stereocenters. The van der Waals surface area contributed by atoms with Gasteiger partial charge < -0.3 is 4.74 Å². The summed E-state index contributed by atoms with van der Waals surface area (Å²) in [6.07, 6.45) is 3.37. The minimum Gasteiger partial charge on any atom is -0.379 e. The molecule has 1 saturated carbocycles. The Balaban J connectivity index is 2.24. The van der Waals surface area contributed by atoms with E-state index in [2.05, 4.69) is 24.8 Å². The van der Waals surface area contributed by atoms with Gasteiger partial charge in [-0.25, -0.2) is 0 Å². The average molecular weight is 208 g/mol. The monoisotopic (exact) mass is 208 g/mol. The summed E-state index contributed by atoms with van der Waals surface area (Å²) in [6.45, 7) is 7.85.